The van der Waals surface area contributed by atoms with Gasteiger partial charge in [0.25, 0.3) is 0 Å². The second-order valence-electron chi connectivity index (χ2n) is 5.06. The second kappa shape index (κ2) is 4.87. The third-order valence-electron chi connectivity index (χ3n) is 3.67. The molecule has 0 saturated carbocycles. The summed E-state index contributed by atoms with van der Waals surface area (Å²) in [6, 6.07) is 4.16. The van der Waals surface area contributed by atoms with E-state index in [4.69, 9.17) is 0 Å². The second-order valence-corrected chi connectivity index (χ2v) is 5.06. The van der Waals surface area contributed by atoms with Crippen LogP contribution in [0.4, 0.5) is 0 Å². The number of benzene rings is 1. The normalized spacial score (nSPS) is 15.6. The molecule has 0 fully saturated rings. The zero-order valence-electron chi connectivity index (χ0n) is 11.0. The Hall–Kier alpha value is -1.37. The van der Waals surface area contributed by atoms with E-state index in [1.165, 1.54) is 17.5 Å². The van der Waals surface area contributed by atoms with E-state index in [1.54, 1.807) is 0 Å². The molecule has 0 aliphatic heterocycles. The molecule has 0 amide bonds. The molecule has 2 rings (SSSR count). The smallest absolute Gasteiger partial charge is 0.188 e. The molecule has 0 heterocycles. The Bertz CT molecular complexity index is 481. The summed E-state index contributed by atoms with van der Waals surface area (Å²) in [5.74, 6) is 0.241. The van der Waals surface area contributed by atoms with Crippen molar-refractivity contribution in [3.8, 4) is 0 Å². The standard InChI is InChI=1S/C16H20O/c1-11-9-13(3)15(10-12(11)2)16(17)14-7-5-4-6-8-14/h7,9-10H,4-6,8H2,1-3H3. The van der Waals surface area contributed by atoms with Crippen molar-refractivity contribution in [3.05, 3.63) is 46.0 Å². The summed E-state index contributed by atoms with van der Waals surface area (Å²) >= 11 is 0. The minimum atomic E-state index is 0.241. The monoisotopic (exact) mass is 228 g/mol. The summed E-state index contributed by atoms with van der Waals surface area (Å²) < 4.78 is 0. The SMILES string of the molecule is Cc1cc(C)c(C(=O)C2=CCCCC2)cc1C. The van der Waals surface area contributed by atoms with Gasteiger partial charge in [-0.05, 0) is 74.8 Å². The molecule has 0 unspecified atom stereocenters. The maximum atomic E-state index is 12.4. The number of hydrogen-bond donors (Lipinski definition) is 0. The van der Waals surface area contributed by atoms with Crippen molar-refractivity contribution in [3.63, 3.8) is 0 Å². The Balaban J connectivity index is 2.37. The average Bonchev–Trinajstić information content (AvgIpc) is 2.34. The Kier molecular flexibility index (Phi) is 3.46. The lowest BCUT2D eigenvalue weighted by atomic mass is 9.89. The minimum absolute atomic E-state index is 0.241. The van der Waals surface area contributed by atoms with Crippen LogP contribution in [-0.2, 0) is 0 Å². The highest BCUT2D eigenvalue weighted by atomic mass is 16.1. The van der Waals surface area contributed by atoms with Crippen LogP contribution in [-0.4, -0.2) is 5.78 Å². The Morgan fingerprint density at radius 2 is 1.71 bits per heavy atom. The zero-order valence-corrected chi connectivity index (χ0v) is 11.0. The molecule has 1 aliphatic rings. The van der Waals surface area contributed by atoms with Crippen LogP contribution in [0.2, 0.25) is 0 Å². The van der Waals surface area contributed by atoms with Crippen molar-refractivity contribution in [2.45, 2.75) is 46.5 Å². The van der Waals surface area contributed by atoms with Crippen LogP contribution in [0.15, 0.2) is 23.8 Å². The highest BCUT2D eigenvalue weighted by molar-refractivity contribution is 6.09. The van der Waals surface area contributed by atoms with E-state index in [9.17, 15) is 4.79 Å². The maximum Gasteiger partial charge on any atom is 0.188 e. The highest BCUT2D eigenvalue weighted by Gasteiger charge is 2.16. The number of ketones is 1. The summed E-state index contributed by atoms with van der Waals surface area (Å²) in [6.07, 6.45) is 6.51. The van der Waals surface area contributed by atoms with Crippen LogP contribution in [0, 0.1) is 20.8 Å². The van der Waals surface area contributed by atoms with Crippen LogP contribution in [0.5, 0.6) is 0 Å². The molecule has 1 heteroatoms. The number of hydrogen-bond acceptors (Lipinski definition) is 1. The lowest BCUT2D eigenvalue weighted by Gasteiger charge is -2.14. The molecule has 0 radical (unpaired) electrons. The van der Waals surface area contributed by atoms with Crippen LogP contribution < -0.4 is 0 Å². The summed E-state index contributed by atoms with van der Waals surface area (Å²) in [4.78, 5) is 12.4. The van der Waals surface area contributed by atoms with E-state index in [1.807, 2.05) is 13.0 Å². The number of carbonyl (C=O) groups excluding carboxylic acids is 1. The third kappa shape index (κ3) is 2.49. The number of allylic oxidation sites excluding steroid dienone is 2. The van der Waals surface area contributed by atoms with E-state index in [0.29, 0.717) is 0 Å². The van der Waals surface area contributed by atoms with Crippen molar-refractivity contribution >= 4 is 5.78 Å². The molecule has 1 aromatic carbocycles. The fourth-order valence-corrected chi connectivity index (χ4v) is 2.42. The van der Waals surface area contributed by atoms with Crippen LogP contribution >= 0.6 is 0 Å². The number of rotatable bonds is 2. The molecular formula is C16H20O. The lowest BCUT2D eigenvalue weighted by molar-refractivity contribution is 0.102. The fourth-order valence-electron chi connectivity index (χ4n) is 2.42. The molecule has 0 spiro atoms. The van der Waals surface area contributed by atoms with Crippen LogP contribution in [0.1, 0.15) is 52.7 Å². The molecule has 0 N–H and O–H groups in total. The van der Waals surface area contributed by atoms with E-state index in [0.717, 1.165) is 36.0 Å². The van der Waals surface area contributed by atoms with E-state index >= 15 is 0 Å². The number of aryl methyl sites for hydroxylation is 3. The van der Waals surface area contributed by atoms with Gasteiger partial charge in [0.15, 0.2) is 5.78 Å². The summed E-state index contributed by atoms with van der Waals surface area (Å²) in [5, 5.41) is 0. The first kappa shape index (κ1) is 12.1. The van der Waals surface area contributed by atoms with Crippen molar-refractivity contribution in [2.24, 2.45) is 0 Å². The van der Waals surface area contributed by atoms with Gasteiger partial charge in [0.05, 0.1) is 0 Å². The summed E-state index contributed by atoms with van der Waals surface area (Å²) in [6.45, 7) is 6.19. The molecule has 90 valence electrons. The fraction of sp³-hybridized carbons (Fsp3) is 0.438. The first-order chi connectivity index (χ1) is 8.09. The van der Waals surface area contributed by atoms with Crippen molar-refractivity contribution in [2.75, 3.05) is 0 Å². The van der Waals surface area contributed by atoms with Gasteiger partial charge >= 0.3 is 0 Å². The summed E-state index contributed by atoms with van der Waals surface area (Å²) in [5.41, 5.74) is 5.47. The number of carbonyl (C=O) groups is 1. The van der Waals surface area contributed by atoms with Gasteiger partial charge in [-0.15, -0.1) is 0 Å². The van der Waals surface area contributed by atoms with Gasteiger partial charge in [0, 0.05) is 5.56 Å². The topological polar surface area (TPSA) is 17.1 Å². The first-order valence-electron chi connectivity index (χ1n) is 6.41. The van der Waals surface area contributed by atoms with Gasteiger partial charge in [0.1, 0.15) is 0 Å². The van der Waals surface area contributed by atoms with E-state index in [2.05, 4.69) is 26.0 Å². The van der Waals surface area contributed by atoms with E-state index in [-0.39, 0.29) is 5.78 Å². The van der Waals surface area contributed by atoms with Gasteiger partial charge in [-0.2, -0.15) is 0 Å². The molecule has 17 heavy (non-hydrogen) atoms. The van der Waals surface area contributed by atoms with Crippen molar-refractivity contribution in [1.29, 1.82) is 0 Å². The molecule has 0 aromatic heterocycles. The summed E-state index contributed by atoms with van der Waals surface area (Å²) in [7, 11) is 0. The van der Waals surface area contributed by atoms with Crippen LogP contribution in [0.25, 0.3) is 0 Å². The van der Waals surface area contributed by atoms with Gasteiger partial charge < -0.3 is 0 Å². The van der Waals surface area contributed by atoms with Crippen molar-refractivity contribution in [1.82, 2.24) is 0 Å². The van der Waals surface area contributed by atoms with Crippen LogP contribution in [0.3, 0.4) is 0 Å². The molecular weight excluding hydrogens is 208 g/mol. The molecule has 1 nitrogen and oxygen atoms in total. The van der Waals surface area contributed by atoms with Gasteiger partial charge in [-0.1, -0.05) is 12.1 Å². The van der Waals surface area contributed by atoms with Gasteiger partial charge in [-0.3, -0.25) is 4.79 Å². The highest BCUT2D eigenvalue weighted by Crippen LogP contribution is 2.24. The first-order valence-corrected chi connectivity index (χ1v) is 6.41. The number of Topliss-reactive ketones (excluding diaryl/α,β-unsaturated/α-hetero) is 1. The Labute approximate surface area is 104 Å². The average molecular weight is 228 g/mol. The van der Waals surface area contributed by atoms with Gasteiger partial charge in [-0.25, -0.2) is 0 Å². The molecule has 0 bridgehead atoms. The predicted molar refractivity (Wildman–Crippen MR) is 71.5 cm³/mol. The van der Waals surface area contributed by atoms with Gasteiger partial charge in [0.2, 0.25) is 0 Å². The Morgan fingerprint density at radius 1 is 1.00 bits per heavy atom. The van der Waals surface area contributed by atoms with Crippen molar-refractivity contribution < 1.29 is 4.79 Å². The third-order valence-corrected chi connectivity index (χ3v) is 3.67. The lowest BCUT2D eigenvalue weighted by Crippen LogP contribution is -2.09. The molecule has 0 saturated heterocycles. The molecule has 1 aromatic rings. The molecule has 0 atom stereocenters. The Morgan fingerprint density at radius 3 is 2.35 bits per heavy atom. The van der Waals surface area contributed by atoms with E-state index < -0.39 is 0 Å². The minimum Gasteiger partial charge on any atom is -0.289 e. The predicted octanol–water partition coefficient (Wildman–Crippen LogP) is 4.29. The maximum absolute atomic E-state index is 12.4. The quantitative estimate of drug-likeness (QED) is 0.690. The zero-order chi connectivity index (χ0) is 12.4. The molecule has 1 aliphatic carbocycles. The largest absolute Gasteiger partial charge is 0.289 e.